The Bertz CT molecular complexity index is 948. The Morgan fingerprint density at radius 2 is 2.00 bits per heavy atom. The number of methoxy groups -OCH3 is 1. The highest BCUT2D eigenvalue weighted by Crippen LogP contribution is 2.31. The number of amides is 1. The molecule has 140 valence electrons. The van der Waals surface area contributed by atoms with Crippen molar-refractivity contribution in [2.45, 2.75) is 13.0 Å². The van der Waals surface area contributed by atoms with Crippen LogP contribution < -0.4 is 14.8 Å². The van der Waals surface area contributed by atoms with Crippen LogP contribution in [0.15, 0.2) is 52.9 Å². The molecule has 1 heterocycles. The van der Waals surface area contributed by atoms with Crippen molar-refractivity contribution in [2.75, 3.05) is 13.7 Å². The van der Waals surface area contributed by atoms with Gasteiger partial charge >= 0.3 is 0 Å². The summed E-state index contributed by atoms with van der Waals surface area (Å²) in [5, 5.41) is 14.6. The number of carbonyl (C=O) groups is 1. The first-order valence-electron chi connectivity index (χ1n) is 8.21. The first-order valence-corrected chi connectivity index (χ1v) is 8.21. The van der Waals surface area contributed by atoms with E-state index in [1.165, 1.54) is 25.3 Å². The molecule has 0 saturated heterocycles. The second-order valence-electron chi connectivity index (χ2n) is 5.86. The fraction of sp³-hybridized carbons (Fsp3) is 0.211. The van der Waals surface area contributed by atoms with E-state index in [1.54, 1.807) is 6.92 Å². The van der Waals surface area contributed by atoms with E-state index in [1.807, 2.05) is 30.3 Å². The lowest BCUT2D eigenvalue weighted by Crippen LogP contribution is -2.31. The van der Waals surface area contributed by atoms with Gasteiger partial charge in [0.15, 0.2) is 18.1 Å². The summed E-state index contributed by atoms with van der Waals surface area (Å²) in [6, 6.07) is 13.0. The van der Waals surface area contributed by atoms with Crippen LogP contribution in [0.5, 0.6) is 11.5 Å². The maximum Gasteiger partial charge on any atom is 0.273 e. The molecule has 0 unspecified atom stereocenters. The number of nitro groups is 1. The number of nitrogens with zero attached hydrogens (tertiary/aromatic N) is 1. The van der Waals surface area contributed by atoms with Crippen LogP contribution in [0, 0.1) is 10.1 Å². The van der Waals surface area contributed by atoms with Crippen LogP contribution in [-0.4, -0.2) is 24.5 Å². The number of para-hydroxylation sites is 1. The van der Waals surface area contributed by atoms with Gasteiger partial charge < -0.3 is 19.2 Å². The van der Waals surface area contributed by atoms with Crippen LogP contribution in [0.2, 0.25) is 0 Å². The zero-order valence-electron chi connectivity index (χ0n) is 14.8. The van der Waals surface area contributed by atoms with E-state index in [9.17, 15) is 14.9 Å². The van der Waals surface area contributed by atoms with Crippen molar-refractivity contribution in [1.82, 2.24) is 5.32 Å². The minimum Gasteiger partial charge on any atom is -0.493 e. The molecule has 0 aliphatic rings. The smallest absolute Gasteiger partial charge is 0.273 e. The number of non-ortho nitro benzene ring substituents is 1. The summed E-state index contributed by atoms with van der Waals surface area (Å²) >= 11 is 0. The normalized spacial score (nSPS) is 11.8. The van der Waals surface area contributed by atoms with Gasteiger partial charge in [0.25, 0.3) is 11.6 Å². The van der Waals surface area contributed by atoms with Crippen molar-refractivity contribution >= 4 is 22.6 Å². The van der Waals surface area contributed by atoms with E-state index in [0.29, 0.717) is 11.5 Å². The maximum absolute atomic E-state index is 12.2. The lowest BCUT2D eigenvalue weighted by atomic mass is 10.2. The number of furan rings is 1. The second kappa shape index (κ2) is 7.77. The minimum absolute atomic E-state index is 0.123. The molecule has 0 saturated carbocycles. The van der Waals surface area contributed by atoms with E-state index in [4.69, 9.17) is 13.9 Å². The fourth-order valence-corrected chi connectivity index (χ4v) is 2.61. The molecule has 0 aliphatic heterocycles. The Morgan fingerprint density at radius 1 is 1.22 bits per heavy atom. The molecule has 8 heteroatoms. The van der Waals surface area contributed by atoms with E-state index >= 15 is 0 Å². The molecule has 1 N–H and O–H groups in total. The zero-order valence-corrected chi connectivity index (χ0v) is 14.8. The Labute approximate surface area is 154 Å². The number of benzene rings is 2. The lowest BCUT2D eigenvalue weighted by Gasteiger charge is -2.13. The average molecular weight is 370 g/mol. The van der Waals surface area contributed by atoms with Gasteiger partial charge in [-0.1, -0.05) is 18.2 Å². The fourth-order valence-electron chi connectivity index (χ4n) is 2.61. The molecule has 0 radical (unpaired) electrons. The molecule has 0 fully saturated rings. The van der Waals surface area contributed by atoms with Gasteiger partial charge in [-0.25, -0.2) is 0 Å². The van der Waals surface area contributed by atoms with Gasteiger partial charge in [0.1, 0.15) is 11.3 Å². The number of carbonyl (C=O) groups excluding carboxylic acids is 1. The number of fused-ring (bicyclic) bond motifs is 1. The molecular formula is C19H18N2O6. The quantitative estimate of drug-likeness (QED) is 0.503. The average Bonchev–Trinajstić information content (AvgIpc) is 3.10. The first-order chi connectivity index (χ1) is 13.0. The van der Waals surface area contributed by atoms with Gasteiger partial charge in [0.05, 0.1) is 24.1 Å². The van der Waals surface area contributed by atoms with Crippen LogP contribution in [0.4, 0.5) is 5.69 Å². The van der Waals surface area contributed by atoms with Gasteiger partial charge in [0, 0.05) is 11.5 Å². The summed E-state index contributed by atoms with van der Waals surface area (Å²) in [7, 11) is 1.41. The first kappa shape index (κ1) is 18.2. The molecule has 8 nitrogen and oxygen atoms in total. The molecule has 3 rings (SSSR count). The van der Waals surface area contributed by atoms with E-state index in [-0.39, 0.29) is 24.1 Å². The van der Waals surface area contributed by atoms with Crippen LogP contribution in [-0.2, 0) is 4.79 Å². The summed E-state index contributed by atoms with van der Waals surface area (Å²) in [4.78, 5) is 22.5. The second-order valence-corrected chi connectivity index (χ2v) is 5.86. The van der Waals surface area contributed by atoms with Crippen molar-refractivity contribution in [3.8, 4) is 11.5 Å². The molecule has 27 heavy (non-hydrogen) atoms. The predicted octanol–water partition coefficient (Wildman–Crippen LogP) is 3.61. The lowest BCUT2D eigenvalue weighted by molar-refractivity contribution is -0.385. The molecular weight excluding hydrogens is 352 g/mol. The third-order valence-corrected chi connectivity index (χ3v) is 3.97. The van der Waals surface area contributed by atoms with Crippen molar-refractivity contribution in [1.29, 1.82) is 0 Å². The van der Waals surface area contributed by atoms with E-state index < -0.39 is 10.8 Å². The molecule has 3 aromatic rings. The highest BCUT2D eigenvalue weighted by molar-refractivity contribution is 5.80. The van der Waals surface area contributed by atoms with Gasteiger partial charge in [-0.3, -0.25) is 14.9 Å². The van der Waals surface area contributed by atoms with E-state index in [0.717, 1.165) is 11.0 Å². The summed E-state index contributed by atoms with van der Waals surface area (Å²) in [6.07, 6.45) is 0. The highest BCUT2D eigenvalue weighted by atomic mass is 16.6. The number of ether oxygens (including phenoxy) is 2. The molecule has 2 aromatic carbocycles. The third kappa shape index (κ3) is 4.17. The molecule has 0 bridgehead atoms. The number of hydrogen-bond acceptors (Lipinski definition) is 6. The van der Waals surface area contributed by atoms with Crippen molar-refractivity contribution in [2.24, 2.45) is 0 Å². The van der Waals surface area contributed by atoms with Crippen LogP contribution in [0.1, 0.15) is 18.7 Å². The summed E-state index contributed by atoms with van der Waals surface area (Å²) in [5.41, 5.74) is 0.591. The summed E-state index contributed by atoms with van der Waals surface area (Å²) < 4.78 is 16.2. The van der Waals surface area contributed by atoms with Crippen molar-refractivity contribution in [3.05, 3.63) is 64.4 Å². The minimum atomic E-state index is -0.546. The van der Waals surface area contributed by atoms with Crippen molar-refractivity contribution in [3.63, 3.8) is 0 Å². The molecule has 1 aromatic heterocycles. The predicted molar refractivity (Wildman–Crippen MR) is 97.9 cm³/mol. The topological polar surface area (TPSA) is 104 Å². The Hall–Kier alpha value is -3.55. The van der Waals surface area contributed by atoms with Crippen LogP contribution >= 0.6 is 0 Å². The highest BCUT2D eigenvalue weighted by Gasteiger charge is 2.17. The van der Waals surface area contributed by atoms with Crippen LogP contribution in [0.25, 0.3) is 11.0 Å². The zero-order chi connectivity index (χ0) is 19.4. The largest absolute Gasteiger partial charge is 0.493 e. The Balaban J connectivity index is 1.64. The molecule has 0 aliphatic carbocycles. The number of nitrogens with one attached hydrogen (secondary N) is 1. The number of hydrogen-bond donors (Lipinski definition) is 1. The van der Waals surface area contributed by atoms with E-state index in [2.05, 4.69) is 5.32 Å². The van der Waals surface area contributed by atoms with Crippen molar-refractivity contribution < 1.29 is 23.6 Å². The van der Waals surface area contributed by atoms with Gasteiger partial charge in [-0.2, -0.15) is 0 Å². The summed E-state index contributed by atoms with van der Waals surface area (Å²) in [5.74, 6) is 0.658. The molecule has 0 spiro atoms. The third-order valence-electron chi connectivity index (χ3n) is 3.97. The standard InChI is InChI=1S/C19H18N2O6/c1-12(17-9-13-5-3-4-6-15(13)27-17)20-19(22)11-26-18-10-14(21(23)24)7-8-16(18)25-2/h3-10,12H,11H2,1-2H3,(H,20,22)/t12-/m1/s1. The Morgan fingerprint density at radius 3 is 2.70 bits per heavy atom. The van der Waals surface area contributed by atoms with Gasteiger partial charge in [0.2, 0.25) is 0 Å². The van der Waals surface area contributed by atoms with Crippen LogP contribution in [0.3, 0.4) is 0 Å². The monoisotopic (exact) mass is 370 g/mol. The van der Waals surface area contributed by atoms with Gasteiger partial charge in [-0.15, -0.1) is 0 Å². The maximum atomic E-state index is 12.2. The summed E-state index contributed by atoms with van der Waals surface area (Å²) in [6.45, 7) is 1.48. The SMILES string of the molecule is COc1ccc([N+](=O)[O-])cc1OCC(=O)N[C@H](C)c1cc2ccccc2o1. The van der Waals surface area contributed by atoms with Gasteiger partial charge in [-0.05, 0) is 25.1 Å². The number of nitro benzene ring substituents is 1. The molecule has 1 amide bonds. The number of rotatable bonds is 7. The molecule has 1 atom stereocenters. The Kier molecular flexibility index (Phi) is 5.25.